The molecule has 4 aromatic rings. The normalized spacial score (nSPS) is 11.3. The molecule has 4 rings (SSSR count). The Hall–Kier alpha value is -4.24. The molecule has 0 saturated heterocycles. The van der Waals surface area contributed by atoms with Crippen molar-refractivity contribution in [3.63, 3.8) is 0 Å². The van der Waals surface area contributed by atoms with E-state index in [4.69, 9.17) is 0 Å². The second kappa shape index (κ2) is 8.64. The van der Waals surface area contributed by atoms with Gasteiger partial charge in [0.15, 0.2) is 0 Å². The molecule has 6 heteroatoms. The van der Waals surface area contributed by atoms with Crippen LogP contribution in [0.5, 0.6) is 0 Å². The highest BCUT2D eigenvalue weighted by Gasteiger charge is 2.13. The third-order valence-corrected chi connectivity index (χ3v) is 4.85. The summed E-state index contributed by atoms with van der Waals surface area (Å²) in [5, 5.41) is 13.0. The number of anilines is 1. The van der Waals surface area contributed by atoms with Crippen LogP contribution < -0.4 is 5.32 Å². The maximum Gasteiger partial charge on any atom is 0.266 e. The van der Waals surface area contributed by atoms with Crippen molar-refractivity contribution in [2.75, 3.05) is 5.32 Å². The molecule has 0 aliphatic heterocycles. The number of carbonyl (C=O) groups is 1. The van der Waals surface area contributed by atoms with Crippen LogP contribution in [0.25, 0.3) is 17.0 Å². The highest BCUT2D eigenvalue weighted by molar-refractivity contribution is 6.10. The fourth-order valence-electron chi connectivity index (χ4n) is 3.34. The lowest BCUT2D eigenvalue weighted by molar-refractivity contribution is -0.112. The molecule has 0 radical (unpaired) electrons. The van der Waals surface area contributed by atoms with Crippen LogP contribution in [-0.4, -0.2) is 10.5 Å². The van der Waals surface area contributed by atoms with E-state index in [1.165, 1.54) is 42.5 Å². The molecule has 0 saturated carbocycles. The van der Waals surface area contributed by atoms with Crippen molar-refractivity contribution < 1.29 is 13.6 Å². The average molecular weight is 413 g/mol. The Morgan fingerprint density at radius 1 is 0.968 bits per heavy atom. The van der Waals surface area contributed by atoms with Gasteiger partial charge in [0.1, 0.15) is 23.3 Å². The van der Waals surface area contributed by atoms with E-state index < -0.39 is 11.7 Å². The molecule has 1 aromatic heterocycles. The van der Waals surface area contributed by atoms with E-state index in [0.717, 1.165) is 16.5 Å². The summed E-state index contributed by atoms with van der Waals surface area (Å²) < 4.78 is 28.3. The summed E-state index contributed by atoms with van der Waals surface area (Å²) in [6.07, 6.45) is 3.39. The van der Waals surface area contributed by atoms with E-state index in [-0.39, 0.29) is 11.4 Å². The second-order valence-electron chi connectivity index (χ2n) is 6.99. The number of fused-ring (bicyclic) bond motifs is 1. The number of aromatic nitrogens is 1. The van der Waals surface area contributed by atoms with Crippen LogP contribution >= 0.6 is 0 Å². The fourth-order valence-corrected chi connectivity index (χ4v) is 3.34. The van der Waals surface area contributed by atoms with Crippen LogP contribution in [0.15, 0.2) is 84.6 Å². The molecular weight excluding hydrogens is 396 g/mol. The smallest absolute Gasteiger partial charge is 0.266 e. The minimum absolute atomic E-state index is 0.0750. The molecular formula is C25H17F2N3O. The number of nitrogens with one attached hydrogen (secondary N) is 1. The zero-order valence-electron chi connectivity index (χ0n) is 16.3. The largest absolute Gasteiger partial charge is 0.342 e. The number of carbonyl (C=O) groups excluding carboxylic acids is 1. The highest BCUT2D eigenvalue weighted by atomic mass is 19.1. The lowest BCUT2D eigenvalue weighted by Gasteiger charge is -2.05. The molecule has 0 aliphatic carbocycles. The van der Waals surface area contributed by atoms with E-state index in [1.807, 2.05) is 41.1 Å². The summed E-state index contributed by atoms with van der Waals surface area (Å²) in [6, 6.07) is 21.2. The van der Waals surface area contributed by atoms with E-state index in [9.17, 15) is 18.8 Å². The van der Waals surface area contributed by atoms with Crippen molar-refractivity contribution in [3.05, 3.63) is 107 Å². The van der Waals surface area contributed by atoms with Gasteiger partial charge in [0.2, 0.25) is 0 Å². The van der Waals surface area contributed by atoms with Crippen molar-refractivity contribution in [1.82, 2.24) is 4.57 Å². The van der Waals surface area contributed by atoms with Crippen LogP contribution in [0.3, 0.4) is 0 Å². The third-order valence-electron chi connectivity index (χ3n) is 4.85. The predicted octanol–water partition coefficient (Wildman–Crippen LogP) is 5.51. The number of nitrogens with zero attached hydrogens (tertiary/aromatic N) is 2. The molecule has 0 spiro atoms. The van der Waals surface area contributed by atoms with Crippen molar-refractivity contribution in [2.24, 2.45) is 0 Å². The van der Waals surface area contributed by atoms with Crippen molar-refractivity contribution in [1.29, 1.82) is 5.26 Å². The van der Waals surface area contributed by atoms with Gasteiger partial charge in [-0.3, -0.25) is 4.79 Å². The summed E-state index contributed by atoms with van der Waals surface area (Å²) in [4.78, 5) is 12.6. The minimum atomic E-state index is -0.579. The average Bonchev–Trinajstić information content (AvgIpc) is 3.12. The first-order valence-corrected chi connectivity index (χ1v) is 9.54. The van der Waals surface area contributed by atoms with Crippen LogP contribution in [0.2, 0.25) is 0 Å². The molecule has 4 nitrogen and oxygen atoms in total. The molecule has 152 valence electrons. The number of rotatable bonds is 5. The zero-order valence-corrected chi connectivity index (χ0v) is 16.3. The molecule has 0 atom stereocenters. The molecule has 0 unspecified atom stereocenters. The second-order valence-corrected chi connectivity index (χ2v) is 6.99. The van der Waals surface area contributed by atoms with Crippen LogP contribution in [-0.2, 0) is 11.3 Å². The lowest BCUT2D eigenvalue weighted by atomic mass is 10.1. The van der Waals surface area contributed by atoms with Gasteiger partial charge in [-0.05, 0) is 54.1 Å². The summed E-state index contributed by atoms with van der Waals surface area (Å²) in [5.74, 6) is -1.29. The fraction of sp³-hybridized carbons (Fsp3) is 0.0400. The number of nitriles is 1. The van der Waals surface area contributed by atoms with Gasteiger partial charge in [0, 0.05) is 34.9 Å². The first-order valence-electron chi connectivity index (χ1n) is 9.54. The van der Waals surface area contributed by atoms with Crippen molar-refractivity contribution in [3.8, 4) is 6.07 Å². The maximum absolute atomic E-state index is 13.2. The Labute approximate surface area is 177 Å². The molecule has 0 aliphatic rings. The molecule has 1 heterocycles. The molecule has 31 heavy (non-hydrogen) atoms. The highest BCUT2D eigenvalue weighted by Crippen LogP contribution is 2.25. The van der Waals surface area contributed by atoms with Crippen molar-refractivity contribution >= 4 is 28.6 Å². The van der Waals surface area contributed by atoms with Crippen LogP contribution in [0.4, 0.5) is 14.5 Å². The molecule has 0 bridgehead atoms. The number of para-hydroxylation sites is 1. The monoisotopic (exact) mass is 413 g/mol. The minimum Gasteiger partial charge on any atom is -0.342 e. The van der Waals surface area contributed by atoms with E-state index >= 15 is 0 Å². The molecule has 3 aromatic carbocycles. The number of amides is 1. The number of hydrogen-bond donors (Lipinski definition) is 1. The van der Waals surface area contributed by atoms with Gasteiger partial charge >= 0.3 is 0 Å². The first kappa shape index (κ1) is 20.0. The Bertz CT molecular complexity index is 1310. The predicted molar refractivity (Wildman–Crippen MR) is 116 cm³/mol. The quantitative estimate of drug-likeness (QED) is 0.346. The Morgan fingerprint density at radius 3 is 2.29 bits per heavy atom. The molecule has 1 amide bonds. The first-order chi connectivity index (χ1) is 15.0. The summed E-state index contributed by atoms with van der Waals surface area (Å²) in [5.41, 5.74) is 2.88. The number of halogens is 2. The van der Waals surface area contributed by atoms with E-state index in [0.29, 0.717) is 17.8 Å². The summed E-state index contributed by atoms with van der Waals surface area (Å²) in [7, 11) is 0. The maximum atomic E-state index is 13.2. The number of benzene rings is 3. The zero-order chi connectivity index (χ0) is 21.8. The van der Waals surface area contributed by atoms with E-state index in [2.05, 4.69) is 5.32 Å². The Kier molecular flexibility index (Phi) is 5.59. The van der Waals surface area contributed by atoms with Crippen LogP contribution in [0.1, 0.15) is 11.1 Å². The lowest BCUT2D eigenvalue weighted by Crippen LogP contribution is -2.13. The van der Waals surface area contributed by atoms with Crippen LogP contribution in [0, 0.1) is 23.0 Å². The van der Waals surface area contributed by atoms with Gasteiger partial charge < -0.3 is 9.88 Å². The van der Waals surface area contributed by atoms with Crippen molar-refractivity contribution in [2.45, 2.75) is 6.54 Å². The molecule has 0 fully saturated rings. The third kappa shape index (κ3) is 4.51. The summed E-state index contributed by atoms with van der Waals surface area (Å²) >= 11 is 0. The molecule has 1 N–H and O–H groups in total. The van der Waals surface area contributed by atoms with Gasteiger partial charge in [0.05, 0.1) is 0 Å². The van der Waals surface area contributed by atoms with E-state index in [1.54, 1.807) is 12.1 Å². The van der Waals surface area contributed by atoms with Gasteiger partial charge in [0.25, 0.3) is 5.91 Å². The Balaban J connectivity index is 1.66. The summed E-state index contributed by atoms with van der Waals surface area (Å²) in [6.45, 7) is 0.512. The topological polar surface area (TPSA) is 57.8 Å². The number of hydrogen-bond acceptors (Lipinski definition) is 2. The van der Waals surface area contributed by atoms with Gasteiger partial charge in [-0.25, -0.2) is 8.78 Å². The SMILES string of the molecule is N#CC(=Cc1cn(Cc2ccc(F)cc2)c2ccccc12)C(=O)Nc1ccc(F)cc1. The van der Waals surface area contributed by atoms with Gasteiger partial charge in [-0.2, -0.15) is 5.26 Å². The van der Waals surface area contributed by atoms with Gasteiger partial charge in [-0.15, -0.1) is 0 Å². The Morgan fingerprint density at radius 2 is 1.61 bits per heavy atom. The standard InChI is InChI=1S/C25H17F2N3O/c26-20-7-5-17(6-8-20)15-30-16-19(23-3-1-2-4-24(23)30)13-18(14-28)25(31)29-22-11-9-21(27)10-12-22/h1-13,16H,15H2,(H,29,31). The van der Waals surface area contributed by atoms with Gasteiger partial charge in [-0.1, -0.05) is 30.3 Å².